The van der Waals surface area contributed by atoms with Gasteiger partial charge in [0.15, 0.2) is 5.75 Å². The number of hydrogen-bond acceptors (Lipinski definition) is 5. The lowest BCUT2D eigenvalue weighted by Gasteiger charge is -2.08. The van der Waals surface area contributed by atoms with Crippen LogP contribution in [0.5, 0.6) is 11.5 Å². The van der Waals surface area contributed by atoms with Gasteiger partial charge < -0.3 is 15.2 Å². The molecule has 2 aromatic rings. The number of benzene rings is 2. The molecule has 0 unspecified atom stereocenters. The first-order valence-electron chi connectivity index (χ1n) is 5.90. The first-order chi connectivity index (χ1) is 9.60. The van der Waals surface area contributed by atoms with E-state index in [4.69, 9.17) is 15.2 Å². The third kappa shape index (κ3) is 3.17. The summed E-state index contributed by atoms with van der Waals surface area (Å²) in [7, 11) is 1.38. The summed E-state index contributed by atoms with van der Waals surface area (Å²) in [5.74, 6) is 0.603. The van der Waals surface area contributed by atoms with Crippen LogP contribution in [0.2, 0.25) is 0 Å². The van der Waals surface area contributed by atoms with Crippen LogP contribution in [0.3, 0.4) is 0 Å². The van der Waals surface area contributed by atoms with Gasteiger partial charge in [0.1, 0.15) is 12.4 Å². The molecule has 104 valence electrons. The zero-order valence-electron chi connectivity index (χ0n) is 10.9. The minimum Gasteiger partial charge on any atom is -0.490 e. The van der Waals surface area contributed by atoms with Crippen molar-refractivity contribution >= 4 is 11.4 Å². The largest absolute Gasteiger partial charge is 0.490 e. The number of hydrogen-bond donors (Lipinski definition) is 1. The van der Waals surface area contributed by atoms with Gasteiger partial charge in [0.25, 0.3) is 0 Å². The second-order valence-corrected chi connectivity index (χ2v) is 4.12. The number of nitro groups is 1. The number of rotatable bonds is 5. The summed E-state index contributed by atoms with van der Waals surface area (Å²) >= 11 is 0. The van der Waals surface area contributed by atoms with E-state index in [0.717, 1.165) is 5.56 Å². The number of nitrogens with two attached hydrogens (primary N) is 1. The Morgan fingerprint density at radius 3 is 2.70 bits per heavy atom. The third-order valence-electron chi connectivity index (χ3n) is 2.70. The van der Waals surface area contributed by atoms with E-state index < -0.39 is 4.92 Å². The molecule has 0 aliphatic carbocycles. The molecular weight excluding hydrogens is 260 g/mol. The molecule has 0 aromatic heterocycles. The zero-order chi connectivity index (χ0) is 14.5. The van der Waals surface area contributed by atoms with Gasteiger partial charge in [-0.05, 0) is 29.8 Å². The summed E-state index contributed by atoms with van der Waals surface area (Å²) in [5.41, 5.74) is 7.08. The molecule has 0 heterocycles. The van der Waals surface area contributed by atoms with E-state index in [1.54, 1.807) is 18.2 Å². The molecule has 2 aromatic carbocycles. The molecule has 0 bridgehead atoms. The molecule has 0 atom stereocenters. The van der Waals surface area contributed by atoms with Crippen LogP contribution in [-0.2, 0) is 6.61 Å². The smallest absolute Gasteiger partial charge is 0.314 e. The quantitative estimate of drug-likeness (QED) is 0.514. The van der Waals surface area contributed by atoms with Gasteiger partial charge in [-0.3, -0.25) is 10.1 Å². The van der Waals surface area contributed by atoms with Crippen molar-refractivity contribution in [3.63, 3.8) is 0 Å². The second kappa shape index (κ2) is 5.92. The molecule has 0 amide bonds. The Balaban J connectivity index is 2.14. The summed E-state index contributed by atoms with van der Waals surface area (Å²) < 4.78 is 10.4. The molecule has 20 heavy (non-hydrogen) atoms. The van der Waals surface area contributed by atoms with Gasteiger partial charge >= 0.3 is 5.69 Å². The zero-order valence-corrected chi connectivity index (χ0v) is 10.9. The summed E-state index contributed by atoms with van der Waals surface area (Å²) in [4.78, 5) is 10.4. The van der Waals surface area contributed by atoms with Crippen LogP contribution in [-0.4, -0.2) is 12.0 Å². The lowest BCUT2D eigenvalue weighted by molar-refractivity contribution is -0.385. The van der Waals surface area contributed by atoms with Crippen molar-refractivity contribution in [2.24, 2.45) is 0 Å². The maximum atomic E-state index is 10.9. The summed E-state index contributed by atoms with van der Waals surface area (Å²) in [5, 5.41) is 10.9. The Kier molecular flexibility index (Phi) is 4.05. The van der Waals surface area contributed by atoms with Crippen LogP contribution in [0.25, 0.3) is 0 Å². The van der Waals surface area contributed by atoms with E-state index in [1.807, 2.05) is 12.1 Å². The van der Waals surface area contributed by atoms with E-state index in [9.17, 15) is 10.1 Å². The Hall–Kier alpha value is -2.76. The lowest BCUT2D eigenvalue weighted by Crippen LogP contribution is -1.98. The van der Waals surface area contributed by atoms with Crippen LogP contribution in [0.4, 0.5) is 11.4 Å². The normalized spacial score (nSPS) is 10.1. The molecule has 0 fully saturated rings. The number of nitrogen functional groups attached to an aromatic ring is 1. The van der Waals surface area contributed by atoms with Gasteiger partial charge in [-0.25, -0.2) is 0 Å². The topological polar surface area (TPSA) is 87.6 Å². The maximum Gasteiger partial charge on any atom is 0.314 e. The molecular formula is C14H14N2O4. The van der Waals surface area contributed by atoms with Crippen LogP contribution >= 0.6 is 0 Å². The number of nitro benzene ring substituents is 1. The van der Waals surface area contributed by atoms with Gasteiger partial charge in [-0.2, -0.15) is 0 Å². The van der Waals surface area contributed by atoms with Crippen molar-refractivity contribution < 1.29 is 14.4 Å². The molecule has 0 radical (unpaired) electrons. The fraction of sp³-hybridized carbons (Fsp3) is 0.143. The highest BCUT2D eigenvalue weighted by Crippen LogP contribution is 2.31. The van der Waals surface area contributed by atoms with E-state index in [-0.39, 0.29) is 18.0 Å². The van der Waals surface area contributed by atoms with Crippen molar-refractivity contribution in [3.05, 3.63) is 58.1 Å². The standard InChI is InChI=1S/C14H14N2O4/c1-19-14-6-5-12(8-13(14)16(17)18)20-9-10-3-2-4-11(15)7-10/h2-8H,9,15H2,1H3. The van der Waals surface area contributed by atoms with Crippen molar-refractivity contribution in [2.45, 2.75) is 6.61 Å². The molecule has 0 aliphatic rings. The molecule has 6 nitrogen and oxygen atoms in total. The monoisotopic (exact) mass is 274 g/mol. The number of ether oxygens (including phenoxy) is 2. The van der Waals surface area contributed by atoms with Gasteiger partial charge in [-0.15, -0.1) is 0 Å². The Labute approximate surface area is 115 Å². The predicted molar refractivity (Wildman–Crippen MR) is 74.8 cm³/mol. The van der Waals surface area contributed by atoms with Crippen molar-refractivity contribution in [2.75, 3.05) is 12.8 Å². The number of methoxy groups -OCH3 is 1. The highest BCUT2D eigenvalue weighted by molar-refractivity contribution is 5.51. The first kappa shape index (κ1) is 13.7. The number of nitrogens with zero attached hydrogens (tertiary/aromatic N) is 1. The molecule has 0 saturated carbocycles. The Bertz CT molecular complexity index is 628. The minimum atomic E-state index is -0.508. The highest BCUT2D eigenvalue weighted by Gasteiger charge is 2.15. The Morgan fingerprint density at radius 2 is 2.05 bits per heavy atom. The van der Waals surface area contributed by atoms with Gasteiger partial charge in [0.05, 0.1) is 18.1 Å². The molecule has 0 spiro atoms. The summed E-state index contributed by atoms with van der Waals surface area (Å²) in [6, 6.07) is 11.7. The van der Waals surface area contributed by atoms with Gasteiger partial charge in [0, 0.05) is 5.69 Å². The fourth-order valence-electron chi connectivity index (χ4n) is 1.75. The summed E-state index contributed by atoms with van der Waals surface area (Å²) in [6.07, 6.45) is 0. The van der Waals surface area contributed by atoms with Gasteiger partial charge in [0.2, 0.25) is 0 Å². The summed E-state index contributed by atoms with van der Waals surface area (Å²) in [6.45, 7) is 0.286. The molecule has 6 heteroatoms. The number of anilines is 1. The average molecular weight is 274 g/mol. The predicted octanol–water partition coefficient (Wildman–Crippen LogP) is 2.76. The highest BCUT2D eigenvalue weighted by atomic mass is 16.6. The van der Waals surface area contributed by atoms with Crippen LogP contribution in [0.15, 0.2) is 42.5 Å². The lowest BCUT2D eigenvalue weighted by atomic mass is 10.2. The molecule has 0 aliphatic heterocycles. The Morgan fingerprint density at radius 1 is 1.25 bits per heavy atom. The molecule has 0 saturated heterocycles. The van der Waals surface area contributed by atoms with E-state index in [0.29, 0.717) is 11.4 Å². The van der Waals surface area contributed by atoms with Crippen molar-refractivity contribution in [1.82, 2.24) is 0 Å². The van der Waals surface area contributed by atoms with Crippen LogP contribution in [0.1, 0.15) is 5.56 Å². The van der Waals surface area contributed by atoms with Crippen molar-refractivity contribution in [1.29, 1.82) is 0 Å². The molecule has 2 N–H and O–H groups in total. The maximum absolute atomic E-state index is 10.9. The SMILES string of the molecule is COc1ccc(OCc2cccc(N)c2)cc1[N+](=O)[O-]. The van der Waals surface area contributed by atoms with Crippen LogP contribution in [0, 0.1) is 10.1 Å². The third-order valence-corrected chi connectivity index (χ3v) is 2.70. The van der Waals surface area contributed by atoms with E-state index in [2.05, 4.69) is 0 Å². The van der Waals surface area contributed by atoms with E-state index in [1.165, 1.54) is 19.2 Å². The van der Waals surface area contributed by atoms with Crippen LogP contribution < -0.4 is 15.2 Å². The minimum absolute atomic E-state index is 0.127. The van der Waals surface area contributed by atoms with Crippen molar-refractivity contribution in [3.8, 4) is 11.5 Å². The van der Waals surface area contributed by atoms with Gasteiger partial charge in [-0.1, -0.05) is 12.1 Å². The second-order valence-electron chi connectivity index (χ2n) is 4.12. The fourth-order valence-corrected chi connectivity index (χ4v) is 1.75. The first-order valence-corrected chi connectivity index (χ1v) is 5.90. The average Bonchev–Trinajstić information content (AvgIpc) is 2.45. The molecule has 2 rings (SSSR count). The van der Waals surface area contributed by atoms with E-state index >= 15 is 0 Å².